The zero-order valence-corrected chi connectivity index (χ0v) is 17.7. The Kier molecular flexibility index (Phi) is 5.13. The number of para-hydroxylation sites is 2. The molecule has 0 aliphatic carbocycles. The largest absolute Gasteiger partial charge is 0.320 e. The van der Waals surface area contributed by atoms with E-state index in [-0.39, 0.29) is 34.6 Å². The van der Waals surface area contributed by atoms with Crippen LogP contribution in [-0.2, 0) is 4.79 Å². The third-order valence-corrected chi connectivity index (χ3v) is 6.34. The van der Waals surface area contributed by atoms with Crippen LogP contribution in [0.4, 0.5) is 15.8 Å². The lowest BCUT2D eigenvalue weighted by Crippen LogP contribution is -2.27. The first-order valence-electron chi connectivity index (χ1n) is 9.84. The van der Waals surface area contributed by atoms with E-state index in [1.54, 1.807) is 6.07 Å². The molecule has 1 atom stereocenters. The number of halogens is 1. The third-order valence-electron chi connectivity index (χ3n) is 5.24. The van der Waals surface area contributed by atoms with Crippen LogP contribution in [0.3, 0.4) is 0 Å². The highest BCUT2D eigenvalue weighted by Gasteiger charge is 2.30. The summed E-state index contributed by atoms with van der Waals surface area (Å²) in [4.78, 5) is 41.0. The molecule has 1 unspecified atom stereocenters. The van der Waals surface area contributed by atoms with Gasteiger partial charge in [0.25, 0.3) is 11.2 Å². The summed E-state index contributed by atoms with van der Waals surface area (Å²) in [6.07, 6.45) is 1.35. The number of aromatic nitrogens is 4. The monoisotopic (exact) mass is 466 g/mol. The Hall–Kier alpha value is -4.06. The maximum absolute atomic E-state index is 13.3. The smallest absolute Gasteiger partial charge is 0.292 e. The number of hydrogen-bond acceptors (Lipinski definition) is 7. The lowest BCUT2D eigenvalue weighted by atomic mass is 10.2. The summed E-state index contributed by atoms with van der Waals surface area (Å²) in [5.41, 5.74) is 0.458. The predicted molar refractivity (Wildman–Crippen MR) is 119 cm³/mol. The molecule has 12 heteroatoms. The molecule has 10 nitrogen and oxygen atoms in total. The minimum atomic E-state index is -0.569. The van der Waals surface area contributed by atoms with Gasteiger partial charge in [0, 0.05) is 18.2 Å². The van der Waals surface area contributed by atoms with Crippen molar-refractivity contribution < 1.29 is 14.1 Å². The molecule has 33 heavy (non-hydrogen) atoms. The van der Waals surface area contributed by atoms with Gasteiger partial charge in [-0.2, -0.15) is 5.10 Å². The van der Waals surface area contributed by atoms with E-state index in [0.717, 1.165) is 0 Å². The van der Waals surface area contributed by atoms with E-state index in [4.69, 9.17) is 0 Å². The minimum absolute atomic E-state index is 0.0504. The van der Waals surface area contributed by atoms with E-state index in [9.17, 15) is 24.1 Å². The molecular formula is C21H15FN6O4S. The van der Waals surface area contributed by atoms with Crippen LogP contribution in [-0.4, -0.2) is 35.9 Å². The van der Waals surface area contributed by atoms with Gasteiger partial charge in [0.15, 0.2) is 10.8 Å². The molecular weight excluding hydrogens is 451 g/mol. The number of benzene rings is 2. The number of thioether (sulfide) groups is 1. The minimum Gasteiger partial charge on any atom is -0.320 e. The SMILES string of the molecule is O=C(CC1CSc2nc3c(cnn3-c3ccc(F)cc3)c(=O)n21)Nc1ccccc1[N+](=O)[O-]. The lowest BCUT2D eigenvalue weighted by molar-refractivity contribution is -0.383. The Labute approximate surface area is 189 Å². The summed E-state index contributed by atoms with van der Waals surface area (Å²) < 4.78 is 16.2. The van der Waals surface area contributed by atoms with Crippen molar-refractivity contribution in [2.45, 2.75) is 17.6 Å². The van der Waals surface area contributed by atoms with E-state index in [1.807, 2.05) is 0 Å². The molecule has 0 spiro atoms. The zero-order chi connectivity index (χ0) is 23.1. The number of rotatable bonds is 5. The van der Waals surface area contributed by atoms with Crippen molar-refractivity contribution in [3.63, 3.8) is 0 Å². The summed E-state index contributed by atoms with van der Waals surface area (Å²) in [6.45, 7) is 0. The number of hydrogen-bond donors (Lipinski definition) is 1. The fourth-order valence-corrected chi connectivity index (χ4v) is 4.84. The number of nitrogens with zero attached hydrogens (tertiary/aromatic N) is 5. The van der Waals surface area contributed by atoms with Crippen LogP contribution in [0.15, 0.2) is 64.7 Å². The summed E-state index contributed by atoms with van der Waals surface area (Å²) in [7, 11) is 0. The second-order valence-electron chi connectivity index (χ2n) is 7.33. The topological polar surface area (TPSA) is 125 Å². The van der Waals surface area contributed by atoms with Gasteiger partial charge in [-0.05, 0) is 30.3 Å². The van der Waals surface area contributed by atoms with E-state index in [2.05, 4.69) is 15.4 Å². The van der Waals surface area contributed by atoms with Crippen LogP contribution in [0.5, 0.6) is 0 Å². The maximum Gasteiger partial charge on any atom is 0.292 e. The maximum atomic E-state index is 13.3. The first kappa shape index (κ1) is 20.8. The number of anilines is 1. The Morgan fingerprint density at radius 1 is 1.24 bits per heavy atom. The second kappa shape index (κ2) is 8.13. The fraction of sp³-hybridized carbons (Fsp3) is 0.143. The van der Waals surface area contributed by atoms with Crippen LogP contribution in [0.2, 0.25) is 0 Å². The first-order chi connectivity index (χ1) is 15.9. The highest BCUT2D eigenvalue weighted by atomic mass is 32.2. The Morgan fingerprint density at radius 2 is 2.00 bits per heavy atom. The first-order valence-corrected chi connectivity index (χ1v) is 10.8. The molecule has 2 aromatic carbocycles. The van der Waals surface area contributed by atoms with Gasteiger partial charge in [-0.3, -0.25) is 24.3 Å². The molecule has 1 N–H and O–H groups in total. The number of carbonyl (C=O) groups excluding carboxylic acids is 1. The summed E-state index contributed by atoms with van der Waals surface area (Å²) in [6, 6.07) is 11.1. The summed E-state index contributed by atoms with van der Waals surface area (Å²) in [5.74, 6) is -0.387. The summed E-state index contributed by atoms with van der Waals surface area (Å²) >= 11 is 1.33. The van der Waals surface area contributed by atoms with Crippen molar-refractivity contribution in [2.24, 2.45) is 0 Å². The van der Waals surface area contributed by atoms with E-state index in [0.29, 0.717) is 22.2 Å². The van der Waals surface area contributed by atoms with Crippen LogP contribution in [0, 0.1) is 15.9 Å². The molecule has 1 aliphatic heterocycles. The van der Waals surface area contributed by atoms with Gasteiger partial charge in [-0.1, -0.05) is 23.9 Å². The molecule has 3 heterocycles. The van der Waals surface area contributed by atoms with Gasteiger partial charge in [0.05, 0.1) is 22.8 Å². The standard InChI is InChI=1S/C21H15FN6O4S/c22-12-5-7-13(8-6-12)27-19-15(10-23-27)20(30)26-14(11-33-21(26)25-19)9-18(29)24-16-3-1-2-4-17(16)28(31)32/h1-8,10,14H,9,11H2,(H,24,29). The number of nitrogens with one attached hydrogen (secondary N) is 1. The van der Waals surface area contributed by atoms with Crippen LogP contribution >= 0.6 is 11.8 Å². The Bertz CT molecular complexity index is 1470. The number of carbonyl (C=O) groups is 1. The number of nitro groups is 1. The Balaban J connectivity index is 1.44. The number of nitro benzene ring substituents is 1. The summed E-state index contributed by atoms with van der Waals surface area (Å²) in [5, 5.41) is 18.7. The van der Waals surface area contributed by atoms with Gasteiger partial charge in [-0.15, -0.1) is 0 Å². The van der Waals surface area contributed by atoms with E-state index in [1.165, 1.54) is 69.7 Å². The van der Waals surface area contributed by atoms with Gasteiger partial charge in [0.2, 0.25) is 5.91 Å². The molecule has 0 radical (unpaired) electrons. The van der Waals surface area contributed by atoms with Crippen LogP contribution in [0.25, 0.3) is 16.7 Å². The quantitative estimate of drug-likeness (QED) is 0.272. The average molecular weight is 466 g/mol. The van der Waals surface area contributed by atoms with E-state index >= 15 is 0 Å². The van der Waals surface area contributed by atoms with Crippen molar-refractivity contribution in [3.05, 3.63) is 81.0 Å². The van der Waals surface area contributed by atoms with Crippen molar-refractivity contribution in [2.75, 3.05) is 11.1 Å². The van der Waals surface area contributed by atoms with Gasteiger partial charge in [0.1, 0.15) is 16.9 Å². The van der Waals surface area contributed by atoms with Crippen LogP contribution < -0.4 is 10.9 Å². The molecule has 2 aromatic heterocycles. The fourth-order valence-electron chi connectivity index (χ4n) is 3.71. The van der Waals surface area contributed by atoms with Crippen LogP contribution in [0.1, 0.15) is 12.5 Å². The molecule has 166 valence electrons. The molecule has 1 amide bonds. The second-order valence-corrected chi connectivity index (χ2v) is 8.32. The highest BCUT2D eigenvalue weighted by Crippen LogP contribution is 2.34. The number of fused-ring (bicyclic) bond motifs is 2. The predicted octanol–water partition coefficient (Wildman–Crippen LogP) is 3.31. The molecule has 5 rings (SSSR count). The van der Waals surface area contributed by atoms with Gasteiger partial charge >= 0.3 is 0 Å². The molecule has 4 aromatic rings. The molecule has 0 bridgehead atoms. The Morgan fingerprint density at radius 3 is 2.76 bits per heavy atom. The zero-order valence-electron chi connectivity index (χ0n) is 16.8. The van der Waals surface area contributed by atoms with Crippen molar-refractivity contribution in [3.8, 4) is 5.69 Å². The van der Waals surface area contributed by atoms with Crippen molar-refractivity contribution in [1.82, 2.24) is 19.3 Å². The highest BCUT2D eigenvalue weighted by molar-refractivity contribution is 7.99. The molecule has 0 saturated carbocycles. The number of amides is 1. The molecule has 0 saturated heterocycles. The lowest BCUT2D eigenvalue weighted by Gasteiger charge is -2.13. The molecule has 1 aliphatic rings. The average Bonchev–Trinajstić information content (AvgIpc) is 3.39. The molecule has 0 fully saturated rings. The van der Waals surface area contributed by atoms with Gasteiger partial charge in [-0.25, -0.2) is 14.1 Å². The van der Waals surface area contributed by atoms with Gasteiger partial charge < -0.3 is 5.32 Å². The van der Waals surface area contributed by atoms with Crippen molar-refractivity contribution >= 4 is 40.1 Å². The van der Waals surface area contributed by atoms with E-state index < -0.39 is 16.9 Å². The normalized spacial score (nSPS) is 14.9. The third kappa shape index (κ3) is 3.74. The van der Waals surface area contributed by atoms with Crippen molar-refractivity contribution in [1.29, 1.82) is 0 Å².